The van der Waals surface area contributed by atoms with Gasteiger partial charge in [0, 0.05) is 10.8 Å². The van der Waals surface area contributed by atoms with E-state index in [0.29, 0.717) is 16.2 Å². The summed E-state index contributed by atoms with van der Waals surface area (Å²) in [6.45, 7) is 0. The summed E-state index contributed by atoms with van der Waals surface area (Å²) in [7, 11) is 0. The molecule has 0 aliphatic rings. The van der Waals surface area contributed by atoms with Gasteiger partial charge in [-0.3, -0.25) is 4.79 Å². The molecular weight excluding hydrogens is 263 g/mol. The SMILES string of the molecule is O=C([O-])c1ccc2c(=O)c3ccccc3ccc2c1.[Na+]. The number of carbonyl (C=O) groups excluding carboxylic acids is 1. The van der Waals surface area contributed by atoms with Gasteiger partial charge in [-0.15, -0.1) is 0 Å². The fourth-order valence-electron chi connectivity index (χ4n) is 2.21. The van der Waals surface area contributed by atoms with E-state index in [1.54, 1.807) is 12.1 Å². The predicted octanol–water partition coefficient (Wildman–Crippen LogP) is -1.28. The summed E-state index contributed by atoms with van der Waals surface area (Å²) in [5.41, 5.74) is -0.0253. The van der Waals surface area contributed by atoms with Crippen molar-refractivity contribution in [3.05, 3.63) is 70.4 Å². The van der Waals surface area contributed by atoms with Crippen LogP contribution < -0.4 is 40.1 Å². The van der Waals surface area contributed by atoms with Crippen molar-refractivity contribution in [1.82, 2.24) is 0 Å². The summed E-state index contributed by atoms with van der Waals surface area (Å²) in [6, 6.07) is 15.3. The van der Waals surface area contributed by atoms with Gasteiger partial charge in [0.25, 0.3) is 0 Å². The number of fused-ring (bicyclic) bond motifs is 2. The molecule has 3 nitrogen and oxygen atoms in total. The zero-order valence-corrected chi connectivity index (χ0v) is 12.9. The third-order valence-corrected chi connectivity index (χ3v) is 3.18. The molecule has 0 amide bonds. The van der Waals surface area contributed by atoms with Gasteiger partial charge >= 0.3 is 29.6 Å². The first-order chi connectivity index (χ1) is 9.16. The van der Waals surface area contributed by atoms with E-state index >= 15 is 0 Å². The summed E-state index contributed by atoms with van der Waals surface area (Å²) in [5, 5.41) is 13.4. The molecule has 0 bridgehead atoms. The molecule has 0 aromatic heterocycles. The van der Waals surface area contributed by atoms with Crippen molar-refractivity contribution >= 4 is 27.5 Å². The fraction of sp³-hybridized carbons (Fsp3) is 0. The normalized spacial score (nSPS) is 10.2. The van der Waals surface area contributed by atoms with Gasteiger partial charge in [0.15, 0.2) is 5.43 Å². The number of hydrogen-bond acceptors (Lipinski definition) is 3. The van der Waals surface area contributed by atoms with Crippen LogP contribution in [0.3, 0.4) is 0 Å². The number of carboxylic acids is 1. The van der Waals surface area contributed by atoms with Crippen molar-refractivity contribution < 1.29 is 39.5 Å². The number of aromatic carboxylic acids is 1. The van der Waals surface area contributed by atoms with E-state index in [9.17, 15) is 14.7 Å². The molecule has 4 heteroatoms. The Labute approximate surface area is 137 Å². The molecule has 0 N–H and O–H groups in total. The fourth-order valence-corrected chi connectivity index (χ4v) is 2.21. The van der Waals surface area contributed by atoms with Gasteiger partial charge in [0.05, 0.1) is 5.97 Å². The Bertz CT molecular complexity index is 872. The van der Waals surface area contributed by atoms with Crippen LogP contribution in [-0.2, 0) is 0 Å². The van der Waals surface area contributed by atoms with E-state index in [4.69, 9.17) is 0 Å². The van der Waals surface area contributed by atoms with Gasteiger partial charge in [-0.2, -0.15) is 0 Å². The Morgan fingerprint density at radius 3 is 2.25 bits per heavy atom. The minimum Gasteiger partial charge on any atom is -0.545 e. The Balaban J connectivity index is 0.00000147. The minimum atomic E-state index is -1.24. The van der Waals surface area contributed by atoms with Crippen LogP contribution >= 0.6 is 0 Å². The molecule has 0 atom stereocenters. The molecule has 20 heavy (non-hydrogen) atoms. The van der Waals surface area contributed by atoms with Crippen LogP contribution in [-0.4, -0.2) is 5.97 Å². The van der Waals surface area contributed by atoms with E-state index in [1.165, 1.54) is 18.2 Å². The zero-order valence-electron chi connectivity index (χ0n) is 10.9. The van der Waals surface area contributed by atoms with Gasteiger partial charge in [-0.05, 0) is 28.5 Å². The van der Waals surface area contributed by atoms with E-state index in [2.05, 4.69) is 0 Å². The average Bonchev–Trinajstić information content (AvgIpc) is 2.57. The van der Waals surface area contributed by atoms with E-state index in [1.807, 2.05) is 24.3 Å². The van der Waals surface area contributed by atoms with Crippen molar-refractivity contribution in [3.8, 4) is 0 Å². The van der Waals surface area contributed by atoms with Crippen LogP contribution in [0.25, 0.3) is 21.5 Å². The predicted molar refractivity (Wildman–Crippen MR) is 72.1 cm³/mol. The molecule has 0 saturated carbocycles. The molecule has 0 radical (unpaired) electrons. The topological polar surface area (TPSA) is 57.2 Å². The van der Waals surface area contributed by atoms with Gasteiger partial charge in [0.1, 0.15) is 0 Å². The third kappa shape index (κ3) is 2.48. The van der Waals surface area contributed by atoms with Crippen LogP contribution in [0.4, 0.5) is 0 Å². The van der Waals surface area contributed by atoms with Crippen molar-refractivity contribution in [2.45, 2.75) is 0 Å². The third-order valence-electron chi connectivity index (χ3n) is 3.18. The molecule has 0 heterocycles. The maximum atomic E-state index is 12.4. The van der Waals surface area contributed by atoms with E-state index in [0.717, 1.165) is 5.39 Å². The number of benzene rings is 2. The second-order valence-corrected chi connectivity index (χ2v) is 4.34. The molecule has 0 aliphatic carbocycles. The molecule has 3 aromatic rings. The summed E-state index contributed by atoms with van der Waals surface area (Å²) in [6.07, 6.45) is 0. The van der Waals surface area contributed by atoms with Crippen LogP contribution in [0.5, 0.6) is 0 Å². The first-order valence-corrected chi connectivity index (χ1v) is 5.84. The van der Waals surface area contributed by atoms with Gasteiger partial charge < -0.3 is 9.90 Å². The van der Waals surface area contributed by atoms with E-state index < -0.39 is 5.97 Å². The number of carbonyl (C=O) groups is 1. The van der Waals surface area contributed by atoms with Gasteiger partial charge in [-0.25, -0.2) is 0 Å². The second kappa shape index (κ2) is 5.75. The van der Waals surface area contributed by atoms with Crippen LogP contribution in [0.1, 0.15) is 10.4 Å². The minimum absolute atomic E-state index is 0. The van der Waals surface area contributed by atoms with Crippen LogP contribution in [0.2, 0.25) is 0 Å². The van der Waals surface area contributed by atoms with Crippen LogP contribution in [0.15, 0.2) is 59.4 Å². The molecule has 0 spiro atoms. The van der Waals surface area contributed by atoms with Crippen molar-refractivity contribution in [1.29, 1.82) is 0 Å². The summed E-state index contributed by atoms with van der Waals surface area (Å²) < 4.78 is 0. The first kappa shape index (κ1) is 14.7. The van der Waals surface area contributed by atoms with Crippen LogP contribution in [0, 0.1) is 0 Å². The monoisotopic (exact) mass is 272 g/mol. The summed E-state index contributed by atoms with van der Waals surface area (Å²) in [4.78, 5) is 23.3. The largest absolute Gasteiger partial charge is 1.00 e. The van der Waals surface area contributed by atoms with Gasteiger partial charge in [0.2, 0.25) is 0 Å². The van der Waals surface area contributed by atoms with Crippen molar-refractivity contribution in [2.75, 3.05) is 0 Å². The quantitative estimate of drug-likeness (QED) is 0.519. The molecular formula is C16H9NaO3. The second-order valence-electron chi connectivity index (χ2n) is 4.34. The average molecular weight is 272 g/mol. The molecule has 0 fully saturated rings. The Hall–Kier alpha value is -1.68. The number of rotatable bonds is 1. The van der Waals surface area contributed by atoms with E-state index in [-0.39, 0.29) is 40.5 Å². The molecule has 0 unspecified atom stereocenters. The molecule has 3 rings (SSSR count). The number of carboxylic acid groups (broad SMARTS) is 1. The maximum absolute atomic E-state index is 12.4. The van der Waals surface area contributed by atoms with Crippen molar-refractivity contribution in [2.24, 2.45) is 0 Å². The molecule has 3 aromatic carbocycles. The molecule has 0 aliphatic heterocycles. The Morgan fingerprint density at radius 2 is 1.50 bits per heavy atom. The Morgan fingerprint density at radius 1 is 0.850 bits per heavy atom. The maximum Gasteiger partial charge on any atom is 1.00 e. The molecule has 0 saturated heterocycles. The summed E-state index contributed by atoms with van der Waals surface area (Å²) in [5.74, 6) is -1.24. The first-order valence-electron chi connectivity index (χ1n) is 5.84. The number of hydrogen-bond donors (Lipinski definition) is 0. The Kier molecular flexibility index (Phi) is 4.23. The standard InChI is InChI=1S/C16H10O3.Na/c17-15-13-4-2-1-3-10(13)5-6-11-9-12(16(18)19)7-8-14(11)15;/h1-9H,(H,18,19);/q;+1/p-1. The summed E-state index contributed by atoms with van der Waals surface area (Å²) >= 11 is 0. The molecule has 92 valence electrons. The smallest absolute Gasteiger partial charge is 0.545 e. The zero-order chi connectivity index (χ0) is 13.4. The van der Waals surface area contributed by atoms with Gasteiger partial charge in [-0.1, -0.05) is 42.5 Å². The van der Waals surface area contributed by atoms with Crippen molar-refractivity contribution in [3.63, 3.8) is 0 Å².